The van der Waals surface area contributed by atoms with Gasteiger partial charge < -0.3 is 21.9 Å². The number of anilines is 2. The normalized spacial score (nSPS) is 19.6. The molecule has 27 heavy (non-hydrogen) atoms. The van der Waals surface area contributed by atoms with E-state index >= 15 is 0 Å². The van der Waals surface area contributed by atoms with E-state index in [1.165, 1.54) is 6.07 Å². The van der Waals surface area contributed by atoms with Crippen molar-refractivity contribution >= 4 is 17.5 Å². The molecule has 1 fully saturated rings. The van der Waals surface area contributed by atoms with E-state index in [1.54, 1.807) is 12.3 Å². The van der Waals surface area contributed by atoms with Crippen LogP contribution in [-0.4, -0.2) is 31.0 Å². The van der Waals surface area contributed by atoms with E-state index in [9.17, 15) is 15.2 Å². The van der Waals surface area contributed by atoms with Crippen LogP contribution in [0.2, 0.25) is 0 Å². The van der Waals surface area contributed by atoms with Crippen molar-refractivity contribution in [3.05, 3.63) is 39.8 Å². The van der Waals surface area contributed by atoms with E-state index in [1.807, 2.05) is 0 Å². The summed E-state index contributed by atoms with van der Waals surface area (Å²) in [5.74, 6) is 0.319. The first-order valence-electron chi connectivity index (χ1n) is 8.87. The topological polar surface area (TPSA) is 166 Å². The summed E-state index contributed by atoms with van der Waals surface area (Å²) < 4.78 is 0. The third-order valence-electron chi connectivity index (χ3n) is 4.82. The average Bonchev–Trinajstić information content (AvgIpc) is 2.62. The molecule has 0 aromatic carbocycles. The number of rotatable bonds is 6. The molecule has 0 aliphatic heterocycles. The molecule has 0 spiro atoms. The van der Waals surface area contributed by atoms with Gasteiger partial charge in [-0.2, -0.15) is 4.98 Å². The van der Waals surface area contributed by atoms with Crippen LogP contribution in [0.15, 0.2) is 18.3 Å². The number of hydrogen-bond donors (Lipinski definition) is 4. The third-order valence-corrected chi connectivity index (χ3v) is 4.82. The lowest BCUT2D eigenvalue weighted by Gasteiger charge is -2.25. The first-order valence-corrected chi connectivity index (χ1v) is 8.87. The number of nitrogens with one attached hydrogen (secondary N) is 1. The smallest absolute Gasteiger partial charge is 0.332 e. The molecule has 0 amide bonds. The van der Waals surface area contributed by atoms with Crippen molar-refractivity contribution in [2.24, 2.45) is 11.7 Å². The van der Waals surface area contributed by atoms with Crippen LogP contribution in [-0.2, 0) is 13.0 Å². The summed E-state index contributed by atoms with van der Waals surface area (Å²) in [7, 11) is 0. The number of aromatic hydroxyl groups is 1. The summed E-state index contributed by atoms with van der Waals surface area (Å²) in [6, 6.07) is 3.34. The van der Waals surface area contributed by atoms with Crippen molar-refractivity contribution in [2.75, 3.05) is 11.1 Å². The highest BCUT2D eigenvalue weighted by Crippen LogP contribution is 2.32. The molecule has 0 unspecified atom stereocenters. The molecule has 10 nitrogen and oxygen atoms in total. The molecular weight excluding hydrogens is 350 g/mol. The quantitative estimate of drug-likeness (QED) is 0.435. The minimum atomic E-state index is -0.534. The van der Waals surface area contributed by atoms with Crippen LogP contribution in [0.3, 0.4) is 0 Å². The number of nitrogen functional groups attached to an aromatic ring is 1. The Kier molecular flexibility index (Phi) is 5.65. The Morgan fingerprint density at radius 2 is 2.00 bits per heavy atom. The molecule has 2 aromatic rings. The number of nitrogens with zero attached hydrogens (tertiary/aromatic N) is 4. The Hall–Kier alpha value is -3.01. The lowest BCUT2D eigenvalue weighted by atomic mass is 9.83. The van der Waals surface area contributed by atoms with Crippen LogP contribution in [0.5, 0.6) is 5.75 Å². The second-order valence-corrected chi connectivity index (χ2v) is 6.79. The van der Waals surface area contributed by atoms with Gasteiger partial charge in [0.2, 0.25) is 11.8 Å². The fraction of sp³-hybridized carbons (Fsp3) is 0.471. The van der Waals surface area contributed by atoms with Crippen molar-refractivity contribution in [1.29, 1.82) is 0 Å². The molecule has 1 aliphatic rings. The molecule has 0 bridgehead atoms. The standard InChI is InChI=1S/C17H23N7O3/c18-11-5-3-10(4-6-11)8-12-15(24(26)27)16(19)23-17(22-12)21-9-13-14(25)2-1-7-20-13/h1-2,7,10-11,25H,3-6,8-9,18H2,(H3,19,21,22,23)/t10-,11-. The Labute approximate surface area is 156 Å². The molecule has 0 radical (unpaired) electrons. The molecule has 3 rings (SSSR count). The number of hydrogen-bond acceptors (Lipinski definition) is 9. The third kappa shape index (κ3) is 4.59. The number of nitro groups is 1. The molecule has 1 aliphatic carbocycles. The zero-order chi connectivity index (χ0) is 19.4. The maximum Gasteiger partial charge on any atom is 0.332 e. The van der Waals surface area contributed by atoms with E-state index in [2.05, 4.69) is 20.3 Å². The number of aromatic nitrogens is 3. The van der Waals surface area contributed by atoms with Gasteiger partial charge >= 0.3 is 5.69 Å². The molecule has 10 heteroatoms. The monoisotopic (exact) mass is 373 g/mol. The van der Waals surface area contributed by atoms with E-state index in [4.69, 9.17) is 11.5 Å². The Morgan fingerprint density at radius 1 is 1.26 bits per heavy atom. The van der Waals surface area contributed by atoms with Crippen molar-refractivity contribution in [2.45, 2.75) is 44.7 Å². The van der Waals surface area contributed by atoms with E-state index in [0.29, 0.717) is 17.8 Å². The van der Waals surface area contributed by atoms with Crippen molar-refractivity contribution in [3.63, 3.8) is 0 Å². The first kappa shape index (κ1) is 18.8. The molecule has 2 heterocycles. The molecule has 1 saturated carbocycles. The van der Waals surface area contributed by atoms with Crippen LogP contribution in [0.4, 0.5) is 17.5 Å². The van der Waals surface area contributed by atoms with Gasteiger partial charge in [0.15, 0.2) is 0 Å². The molecule has 144 valence electrons. The van der Waals surface area contributed by atoms with Crippen molar-refractivity contribution < 1.29 is 10.0 Å². The van der Waals surface area contributed by atoms with E-state index in [-0.39, 0.29) is 41.7 Å². The largest absolute Gasteiger partial charge is 0.506 e. The summed E-state index contributed by atoms with van der Waals surface area (Å²) in [4.78, 5) is 23.3. The molecule has 6 N–H and O–H groups in total. The molecule has 2 aromatic heterocycles. The Morgan fingerprint density at radius 3 is 2.67 bits per heavy atom. The predicted molar refractivity (Wildman–Crippen MR) is 100.0 cm³/mol. The highest BCUT2D eigenvalue weighted by atomic mass is 16.6. The van der Waals surface area contributed by atoms with Crippen molar-refractivity contribution in [3.8, 4) is 5.75 Å². The molecule has 0 atom stereocenters. The van der Waals surface area contributed by atoms with E-state index < -0.39 is 4.92 Å². The summed E-state index contributed by atoms with van der Waals surface area (Å²) in [5.41, 5.74) is 12.3. The van der Waals surface area contributed by atoms with Crippen LogP contribution < -0.4 is 16.8 Å². The second-order valence-electron chi connectivity index (χ2n) is 6.79. The van der Waals surface area contributed by atoms with Gasteiger partial charge in [-0.15, -0.1) is 0 Å². The predicted octanol–water partition coefficient (Wildman–Crippen LogP) is 1.74. The summed E-state index contributed by atoms with van der Waals surface area (Å²) in [6.45, 7) is 0.168. The van der Waals surface area contributed by atoms with Gasteiger partial charge in [0.05, 0.1) is 11.5 Å². The van der Waals surface area contributed by atoms with Gasteiger partial charge in [-0.1, -0.05) is 0 Å². The average molecular weight is 373 g/mol. The van der Waals surface area contributed by atoms with Gasteiger partial charge in [0.25, 0.3) is 0 Å². The zero-order valence-corrected chi connectivity index (χ0v) is 14.8. The fourth-order valence-electron chi connectivity index (χ4n) is 3.34. The second kappa shape index (κ2) is 8.12. The fourth-order valence-corrected chi connectivity index (χ4v) is 3.34. The maximum atomic E-state index is 11.4. The van der Waals surface area contributed by atoms with Crippen LogP contribution in [0, 0.1) is 16.0 Å². The Balaban J connectivity index is 1.80. The highest BCUT2D eigenvalue weighted by Gasteiger charge is 2.27. The zero-order valence-electron chi connectivity index (χ0n) is 14.8. The lowest BCUT2D eigenvalue weighted by molar-refractivity contribution is -0.385. The number of pyridine rings is 1. The molecule has 0 saturated heterocycles. The SMILES string of the molecule is Nc1nc(NCc2ncccc2O)nc(C[C@H]2CC[C@H](N)CC2)c1[N+](=O)[O-]. The summed E-state index contributed by atoms with van der Waals surface area (Å²) >= 11 is 0. The maximum absolute atomic E-state index is 11.4. The van der Waals surface area contributed by atoms with E-state index in [0.717, 1.165) is 25.7 Å². The van der Waals surface area contributed by atoms with Crippen LogP contribution >= 0.6 is 0 Å². The Bertz CT molecular complexity index is 822. The number of nitrogens with two attached hydrogens (primary N) is 2. The van der Waals surface area contributed by atoms with Gasteiger partial charge in [-0.25, -0.2) is 4.98 Å². The van der Waals surface area contributed by atoms with Gasteiger partial charge in [-0.3, -0.25) is 15.1 Å². The van der Waals surface area contributed by atoms with Crippen molar-refractivity contribution in [1.82, 2.24) is 15.0 Å². The summed E-state index contributed by atoms with van der Waals surface area (Å²) in [5, 5.41) is 24.1. The van der Waals surface area contributed by atoms with Crippen LogP contribution in [0.25, 0.3) is 0 Å². The lowest BCUT2D eigenvalue weighted by Crippen LogP contribution is -2.27. The van der Waals surface area contributed by atoms with Gasteiger partial charge in [0, 0.05) is 12.2 Å². The van der Waals surface area contributed by atoms with Gasteiger partial charge in [-0.05, 0) is 50.2 Å². The minimum Gasteiger partial charge on any atom is -0.506 e. The molecular formula is C17H23N7O3. The van der Waals surface area contributed by atoms with Gasteiger partial charge in [0.1, 0.15) is 17.1 Å². The summed E-state index contributed by atoms with van der Waals surface area (Å²) in [6.07, 6.45) is 5.64. The minimum absolute atomic E-state index is 0.0404. The highest BCUT2D eigenvalue weighted by molar-refractivity contribution is 5.58. The van der Waals surface area contributed by atoms with Crippen LogP contribution in [0.1, 0.15) is 37.1 Å². The first-order chi connectivity index (χ1) is 12.9.